The van der Waals surface area contributed by atoms with E-state index >= 15 is 0 Å². The highest BCUT2D eigenvalue weighted by Crippen LogP contribution is 2.44. The number of aliphatic hydroxyl groups is 1. The minimum atomic E-state index is -0.772. The monoisotopic (exact) mass is 515 g/mol. The number of rotatable bonds is 11. The predicted molar refractivity (Wildman–Crippen MR) is 138 cm³/mol. The Hall–Kier alpha value is -2.05. The molecule has 2 saturated carbocycles. The molecule has 3 heterocycles. The second-order valence-electron chi connectivity index (χ2n) is 10.6. The van der Waals surface area contributed by atoms with E-state index in [4.69, 9.17) is 4.74 Å². The van der Waals surface area contributed by atoms with Crippen LogP contribution in [0.15, 0.2) is 6.33 Å². The number of fused-ring (bicyclic) bond motifs is 1. The Morgan fingerprint density at radius 1 is 1.22 bits per heavy atom. The molecule has 0 bridgehead atoms. The second kappa shape index (κ2) is 10.7. The first-order valence-electron chi connectivity index (χ1n) is 13.5. The third-order valence-corrected chi connectivity index (χ3v) is 9.04. The van der Waals surface area contributed by atoms with E-state index in [-0.39, 0.29) is 17.9 Å². The van der Waals surface area contributed by atoms with E-state index in [1.807, 2.05) is 6.33 Å². The van der Waals surface area contributed by atoms with Crippen molar-refractivity contribution < 1.29 is 14.6 Å². The van der Waals surface area contributed by atoms with Crippen molar-refractivity contribution in [3.8, 4) is 0 Å². The SMILES string of the molecule is O=C(Nc1sc2c(c1C(O)NCC1CC1)C[C@H](n1cnnc1NCCN1CCOCC1)CC2)C1CC1. The molecule has 3 aliphatic carbocycles. The number of hydrogen-bond donors (Lipinski definition) is 4. The Bertz CT molecular complexity index is 1060. The van der Waals surface area contributed by atoms with Crippen LogP contribution in [0, 0.1) is 11.8 Å². The number of nitrogens with zero attached hydrogens (tertiary/aromatic N) is 4. The second-order valence-corrected chi connectivity index (χ2v) is 11.7. The van der Waals surface area contributed by atoms with Gasteiger partial charge in [0.25, 0.3) is 0 Å². The number of thiophene rings is 1. The number of aliphatic hydroxyl groups excluding tert-OH is 1. The summed E-state index contributed by atoms with van der Waals surface area (Å²) in [5, 5.41) is 30.5. The lowest BCUT2D eigenvalue weighted by Crippen LogP contribution is -2.39. The Morgan fingerprint density at radius 3 is 2.83 bits per heavy atom. The average Bonchev–Trinajstić information content (AvgIpc) is 3.82. The van der Waals surface area contributed by atoms with Crippen molar-refractivity contribution in [2.24, 2.45) is 11.8 Å². The summed E-state index contributed by atoms with van der Waals surface area (Å²) in [4.78, 5) is 16.3. The normalized spacial score (nSPS) is 23.3. The zero-order chi connectivity index (χ0) is 24.5. The fourth-order valence-corrected chi connectivity index (χ4v) is 6.54. The summed E-state index contributed by atoms with van der Waals surface area (Å²) in [6.45, 7) is 6.11. The topological polar surface area (TPSA) is 117 Å². The molecule has 3 fully saturated rings. The Balaban J connectivity index is 1.16. The van der Waals surface area contributed by atoms with Gasteiger partial charge in [-0.3, -0.25) is 19.6 Å². The number of nitrogens with one attached hydrogen (secondary N) is 3. The molecule has 11 heteroatoms. The zero-order valence-electron chi connectivity index (χ0n) is 20.7. The molecular formula is C25H37N7O3S. The zero-order valence-corrected chi connectivity index (χ0v) is 21.6. The van der Waals surface area contributed by atoms with Gasteiger partial charge in [0.1, 0.15) is 17.6 Å². The average molecular weight is 516 g/mol. The number of anilines is 2. The molecule has 36 heavy (non-hydrogen) atoms. The van der Waals surface area contributed by atoms with Crippen LogP contribution in [0.5, 0.6) is 0 Å². The Kier molecular flexibility index (Phi) is 7.25. The van der Waals surface area contributed by atoms with Crippen LogP contribution in [0.1, 0.15) is 60.4 Å². The van der Waals surface area contributed by atoms with Crippen LogP contribution in [-0.4, -0.2) is 76.6 Å². The lowest BCUT2D eigenvalue weighted by Gasteiger charge is -2.28. The van der Waals surface area contributed by atoms with E-state index in [2.05, 4.69) is 35.6 Å². The number of hydrogen-bond acceptors (Lipinski definition) is 9. The molecule has 0 radical (unpaired) electrons. The smallest absolute Gasteiger partial charge is 0.228 e. The van der Waals surface area contributed by atoms with Gasteiger partial charge in [-0.05, 0) is 56.4 Å². The van der Waals surface area contributed by atoms with Gasteiger partial charge in [0.15, 0.2) is 0 Å². The number of amides is 1. The molecule has 0 aromatic carbocycles. The van der Waals surface area contributed by atoms with Crippen molar-refractivity contribution in [2.75, 3.05) is 56.6 Å². The first-order valence-corrected chi connectivity index (χ1v) is 14.3. The first kappa shape index (κ1) is 24.3. The van der Waals surface area contributed by atoms with Crippen molar-refractivity contribution >= 4 is 28.2 Å². The van der Waals surface area contributed by atoms with Gasteiger partial charge in [-0.1, -0.05) is 0 Å². The van der Waals surface area contributed by atoms with Gasteiger partial charge >= 0.3 is 0 Å². The van der Waals surface area contributed by atoms with Crippen LogP contribution < -0.4 is 16.0 Å². The lowest BCUT2D eigenvalue weighted by molar-refractivity contribution is -0.117. The largest absolute Gasteiger partial charge is 0.379 e. The van der Waals surface area contributed by atoms with Crippen molar-refractivity contribution in [2.45, 2.75) is 57.2 Å². The fraction of sp³-hybridized carbons (Fsp3) is 0.720. The van der Waals surface area contributed by atoms with Crippen LogP contribution in [-0.2, 0) is 22.4 Å². The number of carbonyl (C=O) groups is 1. The van der Waals surface area contributed by atoms with Crippen LogP contribution in [0.3, 0.4) is 0 Å². The van der Waals surface area contributed by atoms with Gasteiger partial charge in [0, 0.05) is 55.1 Å². The van der Waals surface area contributed by atoms with Crippen molar-refractivity contribution in [3.63, 3.8) is 0 Å². The molecule has 6 rings (SSSR count). The van der Waals surface area contributed by atoms with E-state index in [1.54, 1.807) is 11.3 Å². The Labute approximate surface area is 215 Å². The van der Waals surface area contributed by atoms with Crippen molar-refractivity contribution in [3.05, 3.63) is 22.3 Å². The summed E-state index contributed by atoms with van der Waals surface area (Å²) < 4.78 is 7.59. The Morgan fingerprint density at radius 2 is 2.06 bits per heavy atom. The van der Waals surface area contributed by atoms with Gasteiger partial charge in [0.05, 0.1) is 13.2 Å². The number of ether oxygens (including phenoxy) is 1. The minimum absolute atomic E-state index is 0.0892. The van der Waals surface area contributed by atoms with Gasteiger partial charge in [-0.2, -0.15) is 0 Å². The minimum Gasteiger partial charge on any atom is -0.379 e. The summed E-state index contributed by atoms with van der Waals surface area (Å²) in [5.74, 6) is 1.67. The molecular weight excluding hydrogens is 478 g/mol. The van der Waals surface area contributed by atoms with Crippen molar-refractivity contribution in [1.29, 1.82) is 0 Å². The summed E-state index contributed by atoms with van der Waals surface area (Å²) in [6.07, 6.45) is 8.11. The van der Waals surface area contributed by atoms with E-state index in [0.29, 0.717) is 5.92 Å². The summed E-state index contributed by atoms with van der Waals surface area (Å²) in [6, 6.07) is 0.203. The van der Waals surface area contributed by atoms with Gasteiger partial charge in [-0.15, -0.1) is 21.5 Å². The molecule has 0 spiro atoms. The maximum absolute atomic E-state index is 12.6. The molecule has 196 valence electrons. The first-order chi connectivity index (χ1) is 17.7. The van der Waals surface area contributed by atoms with E-state index in [1.165, 1.54) is 23.3 Å². The molecule has 1 amide bonds. The predicted octanol–water partition coefficient (Wildman–Crippen LogP) is 2.15. The van der Waals surface area contributed by atoms with E-state index in [9.17, 15) is 9.90 Å². The molecule has 2 atom stereocenters. The van der Waals surface area contributed by atoms with Gasteiger partial charge < -0.3 is 20.5 Å². The van der Waals surface area contributed by atoms with E-state index in [0.717, 1.165) is 94.6 Å². The molecule has 4 N–H and O–H groups in total. The molecule has 1 unspecified atom stereocenters. The van der Waals surface area contributed by atoms with Crippen molar-refractivity contribution in [1.82, 2.24) is 25.0 Å². The lowest BCUT2D eigenvalue weighted by atomic mass is 9.90. The summed E-state index contributed by atoms with van der Waals surface area (Å²) >= 11 is 1.64. The number of aromatic nitrogens is 3. The molecule has 1 saturated heterocycles. The van der Waals surface area contributed by atoms with Crippen LogP contribution in [0.4, 0.5) is 10.9 Å². The van der Waals surface area contributed by atoms with Crippen LogP contribution in [0.25, 0.3) is 0 Å². The number of morpholine rings is 1. The van der Waals surface area contributed by atoms with Crippen LogP contribution in [0.2, 0.25) is 0 Å². The van der Waals surface area contributed by atoms with Gasteiger partial charge in [0.2, 0.25) is 11.9 Å². The molecule has 10 nitrogen and oxygen atoms in total. The highest BCUT2D eigenvalue weighted by molar-refractivity contribution is 7.16. The highest BCUT2D eigenvalue weighted by Gasteiger charge is 2.35. The molecule has 4 aliphatic rings. The maximum atomic E-state index is 12.6. The molecule has 1 aliphatic heterocycles. The molecule has 2 aromatic rings. The maximum Gasteiger partial charge on any atom is 0.228 e. The number of aryl methyl sites for hydroxylation is 1. The number of carbonyl (C=O) groups excluding carboxylic acids is 1. The third kappa shape index (κ3) is 5.60. The standard InChI is InChI=1S/C25H37N7O3S/c33-22(17-3-4-17)29-24-21(23(34)27-14-16-1-2-16)19-13-18(5-6-20(19)36-24)32-15-28-30-25(32)26-7-8-31-9-11-35-12-10-31/h15-18,23,27,34H,1-14H2,(H,26,30)(H,29,33)/t18-,23?/m1/s1. The summed E-state index contributed by atoms with van der Waals surface area (Å²) in [7, 11) is 0. The summed E-state index contributed by atoms with van der Waals surface area (Å²) in [5.41, 5.74) is 2.04. The quantitative estimate of drug-likeness (QED) is 0.337. The fourth-order valence-electron chi connectivity index (χ4n) is 5.26. The van der Waals surface area contributed by atoms with Crippen LogP contribution >= 0.6 is 11.3 Å². The van der Waals surface area contributed by atoms with E-state index < -0.39 is 6.23 Å². The van der Waals surface area contributed by atoms with Gasteiger partial charge in [-0.25, -0.2) is 0 Å². The highest BCUT2D eigenvalue weighted by atomic mass is 32.1. The molecule has 2 aromatic heterocycles. The third-order valence-electron chi connectivity index (χ3n) is 7.81.